The van der Waals surface area contributed by atoms with Gasteiger partial charge in [0.15, 0.2) is 5.69 Å². The number of amides is 5. The smallest absolute Gasteiger partial charge is 0.382 e. The second kappa shape index (κ2) is 22.2. The van der Waals surface area contributed by atoms with Gasteiger partial charge < -0.3 is 35.5 Å². The standard InChI is InChI=1S/C43H46F3N13O10S/c1-57(70(2,65)66)37-26(5-4-14-48-37)23-49-36-30(43(44,45)46)24-50-42(54-36)52-28-10-8-27(9-11-28)51-38(61)32-25-58(56-55-32)16-18-68-20-22-69-21-19-67-17-15-47-31-7-3-6-29-35(31)41(64)59(40(29)63)33-12-13-34(60)53-39(33)62/h3-11,14,24-25,33,47H,12-13,15-23H2,1-2H3,(H,51,61)(H,53,60,62)(H2,49,50,52,54). The monoisotopic (exact) mass is 993 g/mol. The molecule has 0 saturated carbocycles. The van der Waals surface area contributed by atoms with Crippen LogP contribution in [0.2, 0.25) is 0 Å². The number of carbonyl (C=O) groups is 5. The van der Waals surface area contributed by atoms with Crippen LogP contribution in [0, 0.1) is 0 Å². The van der Waals surface area contributed by atoms with Crippen molar-refractivity contribution in [1.29, 1.82) is 0 Å². The van der Waals surface area contributed by atoms with E-state index in [2.05, 4.69) is 51.8 Å². The van der Waals surface area contributed by atoms with E-state index in [9.17, 15) is 45.6 Å². The van der Waals surface area contributed by atoms with Gasteiger partial charge in [-0.3, -0.25) is 38.5 Å². The number of anilines is 6. The zero-order valence-corrected chi connectivity index (χ0v) is 38.3. The summed E-state index contributed by atoms with van der Waals surface area (Å²) in [6, 6.07) is 13.0. The summed E-state index contributed by atoms with van der Waals surface area (Å²) in [5.74, 6) is -3.56. The lowest BCUT2D eigenvalue weighted by Crippen LogP contribution is -2.54. The molecule has 2 aliphatic rings. The number of fused-ring (bicyclic) bond motifs is 1. The van der Waals surface area contributed by atoms with Crippen LogP contribution in [0.3, 0.4) is 0 Å². The molecule has 0 bridgehead atoms. The van der Waals surface area contributed by atoms with E-state index in [0.717, 1.165) is 15.5 Å². The van der Waals surface area contributed by atoms with Crippen molar-refractivity contribution in [3.8, 4) is 0 Å². The normalized spacial score (nSPS) is 14.9. The van der Waals surface area contributed by atoms with E-state index < -0.39 is 63.2 Å². The van der Waals surface area contributed by atoms with Crippen molar-refractivity contribution in [2.45, 2.75) is 38.1 Å². The molecule has 2 aliphatic heterocycles. The number of halogens is 3. The molecule has 70 heavy (non-hydrogen) atoms. The predicted octanol–water partition coefficient (Wildman–Crippen LogP) is 3.05. The molecule has 0 radical (unpaired) electrons. The van der Waals surface area contributed by atoms with E-state index >= 15 is 0 Å². The third-order valence-electron chi connectivity index (χ3n) is 10.6. The second-order valence-corrected chi connectivity index (χ2v) is 17.5. The highest BCUT2D eigenvalue weighted by molar-refractivity contribution is 7.92. The molecule has 1 fully saturated rings. The minimum Gasteiger partial charge on any atom is -0.382 e. The fourth-order valence-electron chi connectivity index (χ4n) is 7.07. The zero-order chi connectivity index (χ0) is 50.0. The SMILES string of the molecule is CN(c1ncccc1CNc1nc(Nc2ccc(NC(=O)c3cn(CCOCCOCCOCCNc4cccc5c4C(=O)N(C4CCC(=O)NC4=O)C5=O)nn3)cc2)ncc1C(F)(F)F)S(C)(=O)=O. The number of nitrogens with zero attached hydrogens (tertiary/aromatic N) is 8. The van der Waals surface area contributed by atoms with Crippen LogP contribution in [-0.2, 0) is 53.1 Å². The molecule has 1 atom stereocenters. The van der Waals surface area contributed by atoms with Gasteiger partial charge in [0.2, 0.25) is 27.8 Å². The Morgan fingerprint density at radius 2 is 1.61 bits per heavy atom. The number of benzene rings is 2. The molecule has 5 N–H and O–H groups in total. The van der Waals surface area contributed by atoms with Crippen LogP contribution in [0.1, 0.15) is 55.2 Å². The number of rotatable bonds is 23. The highest BCUT2D eigenvalue weighted by atomic mass is 32.2. The fraction of sp³-hybridized carbons (Fsp3) is 0.349. The summed E-state index contributed by atoms with van der Waals surface area (Å²) in [6.45, 7) is 2.02. The van der Waals surface area contributed by atoms with E-state index in [1.807, 2.05) is 0 Å². The number of ether oxygens (including phenoxy) is 3. The topological polar surface area (TPSA) is 283 Å². The number of imide groups is 2. The molecule has 1 unspecified atom stereocenters. The summed E-state index contributed by atoms with van der Waals surface area (Å²) < 4.78 is 85.0. The maximum atomic E-state index is 13.9. The Bertz CT molecular complexity index is 2850. The molecule has 7 rings (SSSR count). The fourth-order valence-corrected chi connectivity index (χ4v) is 7.54. The van der Waals surface area contributed by atoms with Gasteiger partial charge >= 0.3 is 6.18 Å². The first-order chi connectivity index (χ1) is 33.5. The molecule has 0 aliphatic carbocycles. The van der Waals surface area contributed by atoms with Crippen molar-refractivity contribution in [2.75, 3.05) is 85.1 Å². The first-order valence-corrected chi connectivity index (χ1v) is 23.3. The molecule has 0 spiro atoms. The molecular formula is C43H46F3N13O10S. The quantitative estimate of drug-likeness (QED) is 0.0464. The van der Waals surface area contributed by atoms with E-state index in [1.54, 1.807) is 36.4 Å². The van der Waals surface area contributed by atoms with Crippen LogP contribution in [-0.4, -0.2) is 138 Å². The van der Waals surface area contributed by atoms with E-state index in [4.69, 9.17) is 14.2 Å². The first-order valence-electron chi connectivity index (χ1n) is 21.4. The number of alkyl halides is 3. The number of aromatic nitrogens is 6. The molecule has 27 heteroatoms. The zero-order valence-electron chi connectivity index (χ0n) is 37.5. The maximum Gasteiger partial charge on any atom is 0.421 e. The maximum absolute atomic E-state index is 13.9. The molecule has 2 aromatic carbocycles. The van der Waals surface area contributed by atoms with Gasteiger partial charge in [-0.15, -0.1) is 5.10 Å². The Morgan fingerprint density at radius 3 is 2.33 bits per heavy atom. The minimum atomic E-state index is -4.81. The highest BCUT2D eigenvalue weighted by Crippen LogP contribution is 2.35. The number of carbonyl (C=O) groups excluding carboxylic acids is 5. The number of piperidine rings is 1. The lowest BCUT2D eigenvalue weighted by Gasteiger charge is -2.27. The van der Waals surface area contributed by atoms with Gasteiger partial charge in [0.05, 0.1) is 69.8 Å². The van der Waals surface area contributed by atoms with Gasteiger partial charge in [0.1, 0.15) is 23.2 Å². The van der Waals surface area contributed by atoms with Crippen molar-refractivity contribution >= 4 is 74.2 Å². The first kappa shape index (κ1) is 50.3. The van der Waals surface area contributed by atoms with E-state index in [-0.39, 0.29) is 87.6 Å². The third kappa shape index (κ3) is 12.5. The van der Waals surface area contributed by atoms with Crippen LogP contribution in [0.25, 0.3) is 0 Å². The minimum absolute atomic E-state index is 0.0299. The number of nitrogens with one attached hydrogen (secondary N) is 5. The molecule has 5 aromatic rings. The van der Waals surface area contributed by atoms with E-state index in [1.165, 1.54) is 42.3 Å². The summed E-state index contributed by atoms with van der Waals surface area (Å²) in [5, 5.41) is 21.3. The summed E-state index contributed by atoms with van der Waals surface area (Å²) in [7, 11) is -2.43. The lowest BCUT2D eigenvalue weighted by atomic mass is 10.0. The van der Waals surface area contributed by atoms with Crippen molar-refractivity contribution in [3.63, 3.8) is 0 Å². The van der Waals surface area contributed by atoms with Gasteiger partial charge in [-0.25, -0.2) is 23.1 Å². The van der Waals surface area contributed by atoms with Crippen molar-refractivity contribution in [3.05, 3.63) is 101 Å². The van der Waals surface area contributed by atoms with E-state index in [0.29, 0.717) is 41.9 Å². The average Bonchev–Trinajstić information content (AvgIpc) is 3.90. The third-order valence-corrected chi connectivity index (χ3v) is 11.8. The molecule has 23 nitrogen and oxygen atoms in total. The summed E-state index contributed by atoms with van der Waals surface area (Å²) in [4.78, 5) is 75.9. The molecule has 5 heterocycles. The Kier molecular flexibility index (Phi) is 15.9. The van der Waals surface area contributed by atoms with Gasteiger partial charge in [-0.05, 0) is 48.9 Å². The van der Waals surface area contributed by atoms with Crippen molar-refractivity contribution < 1.29 is 59.8 Å². The van der Waals surface area contributed by atoms with Crippen LogP contribution in [0.15, 0.2) is 73.2 Å². The van der Waals surface area contributed by atoms with Crippen molar-refractivity contribution in [1.82, 2.24) is 40.2 Å². The predicted molar refractivity (Wildman–Crippen MR) is 244 cm³/mol. The van der Waals surface area contributed by atoms with Crippen molar-refractivity contribution in [2.24, 2.45) is 0 Å². The molecule has 5 amide bonds. The van der Waals surface area contributed by atoms with Crippen LogP contribution >= 0.6 is 0 Å². The molecule has 3 aromatic heterocycles. The van der Waals surface area contributed by atoms with Gasteiger partial charge in [-0.2, -0.15) is 18.2 Å². The molecule has 1 saturated heterocycles. The van der Waals surface area contributed by atoms with Crippen LogP contribution in [0.4, 0.5) is 47.8 Å². The lowest BCUT2D eigenvalue weighted by molar-refractivity contribution is -0.138. The Balaban J connectivity index is 0.777. The number of hydrogen-bond acceptors (Lipinski definition) is 18. The summed E-state index contributed by atoms with van der Waals surface area (Å²) in [6.07, 6.45) is -0.306. The number of hydrogen-bond donors (Lipinski definition) is 5. The highest BCUT2D eigenvalue weighted by Gasteiger charge is 2.45. The molecule has 370 valence electrons. The van der Waals surface area contributed by atoms with Gasteiger partial charge in [-0.1, -0.05) is 17.3 Å². The molecular weight excluding hydrogens is 948 g/mol. The van der Waals surface area contributed by atoms with Crippen LogP contribution < -0.4 is 30.9 Å². The Hall–Kier alpha value is -7.62. The van der Waals surface area contributed by atoms with Crippen LogP contribution in [0.5, 0.6) is 0 Å². The number of sulfonamides is 1. The summed E-state index contributed by atoms with van der Waals surface area (Å²) in [5.41, 5.74) is 0.728. The largest absolute Gasteiger partial charge is 0.421 e. The Morgan fingerprint density at radius 1 is 0.900 bits per heavy atom. The second-order valence-electron chi connectivity index (χ2n) is 15.5. The van der Waals surface area contributed by atoms with Gasteiger partial charge in [0.25, 0.3) is 17.7 Å². The number of pyridine rings is 1. The Labute approximate surface area is 397 Å². The average molecular weight is 994 g/mol. The van der Waals surface area contributed by atoms with Gasteiger partial charge in [0, 0.05) is 61.6 Å². The summed E-state index contributed by atoms with van der Waals surface area (Å²) >= 11 is 0.